The number of carbonyl (C=O) groups excluding carboxylic acids is 2. The monoisotopic (exact) mass is 393 g/mol. The van der Waals surface area contributed by atoms with Crippen molar-refractivity contribution in [2.45, 2.75) is 13.1 Å². The summed E-state index contributed by atoms with van der Waals surface area (Å²) in [6.45, 7) is 0.511. The van der Waals surface area contributed by atoms with Crippen LogP contribution in [0.25, 0.3) is 0 Å². The molecule has 5 N–H and O–H groups in total. The molecule has 3 amide bonds. The topological polar surface area (TPSA) is 114 Å². The molecular formula is C21H20FN5O2. The molecular weight excluding hydrogens is 373 g/mol. The summed E-state index contributed by atoms with van der Waals surface area (Å²) in [4.78, 5) is 29.4. The van der Waals surface area contributed by atoms with E-state index in [-0.39, 0.29) is 24.8 Å². The molecule has 0 fully saturated rings. The Morgan fingerprint density at radius 2 is 1.55 bits per heavy atom. The summed E-state index contributed by atoms with van der Waals surface area (Å²) < 4.78 is 13.0. The molecule has 0 aliphatic rings. The summed E-state index contributed by atoms with van der Waals surface area (Å²) in [6, 6.07) is 15.3. The first-order chi connectivity index (χ1) is 13.9. The van der Waals surface area contributed by atoms with Gasteiger partial charge in [-0.05, 0) is 41.5 Å². The minimum Gasteiger partial charge on any atom is -0.384 e. The van der Waals surface area contributed by atoms with Crippen LogP contribution in [0.5, 0.6) is 0 Å². The second-order valence-electron chi connectivity index (χ2n) is 6.44. The quantitative estimate of drug-likeness (QED) is 0.597. The molecule has 148 valence electrons. The molecule has 0 atom stereocenters. The molecule has 0 saturated carbocycles. The number of amides is 3. The lowest BCUT2D eigenvalue weighted by atomic mass is 10.1. The van der Waals surface area contributed by atoms with Gasteiger partial charge in [-0.1, -0.05) is 24.3 Å². The van der Waals surface area contributed by atoms with E-state index in [9.17, 15) is 14.0 Å². The molecule has 0 saturated heterocycles. The van der Waals surface area contributed by atoms with Gasteiger partial charge in [-0.25, -0.2) is 14.2 Å². The lowest BCUT2D eigenvalue weighted by molar-refractivity contribution is 0.102. The van der Waals surface area contributed by atoms with Crippen molar-refractivity contribution in [3.8, 4) is 0 Å². The molecule has 0 aliphatic carbocycles. The van der Waals surface area contributed by atoms with Crippen LogP contribution < -0.4 is 16.8 Å². The number of primary amides is 1. The fourth-order valence-electron chi connectivity index (χ4n) is 2.73. The average molecular weight is 393 g/mol. The Hall–Kier alpha value is -3.94. The molecule has 0 aliphatic heterocycles. The zero-order valence-electron chi connectivity index (χ0n) is 15.5. The van der Waals surface area contributed by atoms with Crippen molar-refractivity contribution in [3.63, 3.8) is 0 Å². The van der Waals surface area contributed by atoms with E-state index in [2.05, 4.69) is 10.3 Å². The number of halogens is 1. The largest absolute Gasteiger partial charge is 0.384 e. The van der Waals surface area contributed by atoms with Crippen LogP contribution >= 0.6 is 0 Å². The van der Waals surface area contributed by atoms with E-state index >= 15 is 0 Å². The van der Waals surface area contributed by atoms with Crippen LogP contribution in [0.15, 0.2) is 66.9 Å². The van der Waals surface area contributed by atoms with Crippen LogP contribution in [0.1, 0.15) is 21.5 Å². The van der Waals surface area contributed by atoms with Gasteiger partial charge in [-0.3, -0.25) is 4.79 Å². The molecule has 0 unspecified atom stereocenters. The van der Waals surface area contributed by atoms with E-state index in [0.29, 0.717) is 17.1 Å². The van der Waals surface area contributed by atoms with Crippen LogP contribution in [0.2, 0.25) is 0 Å². The predicted octanol–water partition coefficient (Wildman–Crippen LogP) is 3.14. The minimum absolute atomic E-state index is 0.251. The Kier molecular flexibility index (Phi) is 6.03. The van der Waals surface area contributed by atoms with Crippen molar-refractivity contribution in [1.29, 1.82) is 0 Å². The Balaban J connectivity index is 1.65. The highest BCUT2D eigenvalue weighted by Crippen LogP contribution is 2.14. The molecule has 8 heteroatoms. The van der Waals surface area contributed by atoms with Crippen LogP contribution in [-0.4, -0.2) is 21.8 Å². The summed E-state index contributed by atoms with van der Waals surface area (Å²) in [5.41, 5.74) is 13.6. The van der Waals surface area contributed by atoms with Crippen LogP contribution in [0.4, 0.5) is 20.7 Å². The maximum Gasteiger partial charge on any atom is 0.315 e. The molecule has 0 spiro atoms. The zero-order valence-corrected chi connectivity index (χ0v) is 15.5. The highest BCUT2D eigenvalue weighted by Gasteiger charge is 2.12. The van der Waals surface area contributed by atoms with Gasteiger partial charge in [-0.2, -0.15) is 0 Å². The lowest BCUT2D eigenvalue weighted by Crippen LogP contribution is -2.34. The third-order valence-electron chi connectivity index (χ3n) is 4.23. The highest BCUT2D eigenvalue weighted by molar-refractivity contribution is 6.04. The van der Waals surface area contributed by atoms with Crippen LogP contribution in [0.3, 0.4) is 0 Å². The van der Waals surface area contributed by atoms with E-state index in [1.807, 2.05) is 0 Å². The molecule has 7 nitrogen and oxygen atoms in total. The van der Waals surface area contributed by atoms with E-state index in [4.69, 9.17) is 11.5 Å². The van der Waals surface area contributed by atoms with Gasteiger partial charge < -0.3 is 21.7 Å². The number of nitrogen functional groups attached to an aromatic ring is 1. The smallest absolute Gasteiger partial charge is 0.315 e. The molecule has 2 aromatic carbocycles. The van der Waals surface area contributed by atoms with E-state index in [1.165, 1.54) is 23.2 Å². The van der Waals surface area contributed by atoms with Gasteiger partial charge in [0.15, 0.2) is 0 Å². The highest BCUT2D eigenvalue weighted by atomic mass is 19.1. The Morgan fingerprint density at radius 3 is 2.10 bits per heavy atom. The summed E-state index contributed by atoms with van der Waals surface area (Å²) in [5, 5.41) is 2.74. The Labute approximate surface area is 167 Å². The first kappa shape index (κ1) is 19.8. The molecule has 1 aromatic heterocycles. The van der Waals surface area contributed by atoms with Crippen molar-refractivity contribution >= 4 is 23.4 Å². The number of rotatable bonds is 6. The number of nitrogens with zero attached hydrogens (tertiary/aromatic N) is 2. The molecule has 1 heterocycles. The number of anilines is 2. The van der Waals surface area contributed by atoms with Gasteiger partial charge in [-0.15, -0.1) is 0 Å². The molecule has 3 rings (SSSR count). The van der Waals surface area contributed by atoms with Crippen molar-refractivity contribution in [1.82, 2.24) is 9.88 Å². The van der Waals surface area contributed by atoms with Gasteiger partial charge >= 0.3 is 6.03 Å². The van der Waals surface area contributed by atoms with Gasteiger partial charge in [0.25, 0.3) is 5.91 Å². The molecule has 3 aromatic rings. The van der Waals surface area contributed by atoms with Gasteiger partial charge in [0.05, 0.1) is 0 Å². The van der Waals surface area contributed by atoms with Gasteiger partial charge in [0.2, 0.25) is 0 Å². The number of hydrogen-bond donors (Lipinski definition) is 3. The maximum atomic E-state index is 13.0. The lowest BCUT2D eigenvalue weighted by Gasteiger charge is -2.20. The van der Waals surface area contributed by atoms with E-state index < -0.39 is 6.03 Å². The maximum absolute atomic E-state index is 13.0. The zero-order chi connectivity index (χ0) is 20.8. The summed E-state index contributed by atoms with van der Waals surface area (Å²) >= 11 is 0. The normalized spacial score (nSPS) is 10.4. The molecule has 0 radical (unpaired) electrons. The minimum atomic E-state index is -0.591. The van der Waals surface area contributed by atoms with Crippen molar-refractivity contribution in [3.05, 3.63) is 89.4 Å². The third-order valence-corrected chi connectivity index (χ3v) is 4.23. The van der Waals surface area contributed by atoms with Gasteiger partial charge in [0.1, 0.15) is 11.6 Å². The fourth-order valence-corrected chi connectivity index (χ4v) is 2.73. The standard InChI is InChI=1S/C21H20FN5O2/c22-17-7-3-15(4-8-17)13-27(21(24)29)12-14-1-5-16(6-2-14)20(28)26-18-9-10-25-19(23)11-18/h1-11H,12-13H2,(H2,24,29)(H3,23,25,26,28). The van der Waals surface area contributed by atoms with E-state index in [0.717, 1.165) is 11.1 Å². The molecule has 0 bridgehead atoms. The summed E-state index contributed by atoms with van der Waals surface area (Å²) in [7, 11) is 0. The second kappa shape index (κ2) is 8.83. The average Bonchev–Trinajstić information content (AvgIpc) is 2.69. The first-order valence-electron chi connectivity index (χ1n) is 8.81. The van der Waals surface area contributed by atoms with E-state index in [1.54, 1.807) is 48.5 Å². The Bertz CT molecular complexity index is 1010. The Morgan fingerprint density at radius 1 is 0.966 bits per heavy atom. The number of nitrogens with one attached hydrogen (secondary N) is 1. The number of benzene rings is 2. The fraction of sp³-hybridized carbons (Fsp3) is 0.0952. The molecule has 29 heavy (non-hydrogen) atoms. The van der Waals surface area contributed by atoms with Crippen molar-refractivity contribution in [2.24, 2.45) is 5.73 Å². The summed E-state index contributed by atoms with van der Waals surface area (Å²) in [6.07, 6.45) is 1.51. The number of aromatic nitrogens is 1. The van der Waals surface area contributed by atoms with Crippen molar-refractivity contribution < 1.29 is 14.0 Å². The second-order valence-corrected chi connectivity index (χ2v) is 6.44. The number of urea groups is 1. The van der Waals surface area contributed by atoms with Crippen molar-refractivity contribution in [2.75, 3.05) is 11.1 Å². The number of hydrogen-bond acceptors (Lipinski definition) is 4. The third kappa shape index (κ3) is 5.52. The van der Waals surface area contributed by atoms with Gasteiger partial charge in [0, 0.05) is 36.6 Å². The number of nitrogens with two attached hydrogens (primary N) is 2. The number of carbonyl (C=O) groups is 2. The van der Waals surface area contributed by atoms with Crippen LogP contribution in [0, 0.1) is 5.82 Å². The first-order valence-corrected chi connectivity index (χ1v) is 8.81. The SMILES string of the molecule is NC(=O)N(Cc1ccc(F)cc1)Cc1ccc(C(=O)Nc2ccnc(N)c2)cc1. The predicted molar refractivity (Wildman–Crippen MR) is 108 cm³/mol. The number of pyridine rings is 1. The van der Waals surface area contributed by atoms with Crippen LogP contribution in [-0.2, 0) is 13.1 Å². The summed E-state index contributed by atoms with van der Waals surface area (Å²) in [5.74, 6) is -0.325.